The highest BCUT2D eigenvalue weighted by atomic mass is 16.5. The maximum absolute atomic E-state index is 13.0. The fraction of sp³-hybridized carbons (Fsp3) is 0.609. The number of ether oxygens (including phenoxy) is 1. The van der Waals surface area contributed by atoms with Crippen LogP contribution in [0, 0.1) is 5.92 Å². The molecule has 1 aromatic carbocycles. The Kier molecular flexibility index (Phi) is 11.0. The number of nitrogens with one attached hydrogen (secondary N) is 2. The average Bonchev–Trinajstić information content (AvgIpc) is 3.33. The topological polar surface area (TPSA) is 108 Å². The number of carbonyl (C=O) groups is 3. The van der Waals surface area contributed by atoms with Crippen molar-refractivity contribution in [1.29, 1.82) is 0 Å². The zero-order valence-electron chi connectivity index (χ0n) is 18.3. The smallest absolute Gasteiger partial charge is 0.247 e. The van der Waals surface area contributed by atoms with E-state index in [1.54, 1.807) is 10.4 Å². The molecule has 3 N–H and O–H groups in total. The highest BCUT2D eigenvalue weighted by Crippen LogP contribution is 2.16. The standard InChI is InChI=1S/C23H35N3O5/c1-2-3-5-12-19(15-21(27)25-30)22(28)24-20(23(29)26-13-8-9-14-26)17-31-16-18-10-6-4-7-11-18/h4,6-7,10-11,19-20,30H,2-3,5,8-9,12-17H2,1H3,(H,24,28)(H,25,27)/t19-,20+/m0/s1. The SMILES string of the molecule is CCCCC[C@@H](CC(=O)NO)C(=O)N[C@H](COCc1ccccc1)C(=O)N1CCCC1. The third-order valence-corrected chi connectivity index (χ3v) is 5.51. The van der Waals surface area contributed by atoms with Crippen molar-refractivity contribution in [3.8, 4) is 0 Å². The normalized spacial score (nSPS) is 15.4. The summed E-state index contributed by atoms with van der Waals surface area (Å²) in [6.07, 6.45) is 5.03. The summed E-state index contributed by atoms with van der Waals surface area (Å²) in [5.74, 6) is -1.74. The van der Waals surface area contributed by atoms with Crippen LogP contribution in [-0.4, -0.2) is 53.6 Å². The van der Waals surface area contributed by atoms with E-state index in [2.05, 4.69) is 12.2 Å². The minimum absolute atomic E-state index is 0.0594. The molecule has 2 atom stereocenters. The lowest BCUT2D eigenvalue weighted by atomic mass is 9.96. The van der Waals surface area contributed by atoms with Gasteiger partial charge in [-0.25, -0.2) is 5.48 Å². The first kappa shape index (κ1) is 24.8. The van der Waals surface area contributed by atoms with Crippen LogP contribution in [0.5, 0.6) is 0 Å². The summed E-state index contributed by atoms with van der Waals surface area (Å²) in [5.41, 5.74) is 2.58. The van der Waals surface area contributed by atoms with Crippen LogP contribution in [0.1, 0.15) is 57.4 Å². The molecule has 1 aromatic rings. The molecule has 3 amide bonds. The molecule has 0 spiro atoms. The summed E-state index contributed by atoms with van der Waals surface area (Å²) in [7, 11) is 0. The van der Waals surface area contributed by atoms with Crippen LogP contribution >= 0.6 is 0 Å². The highest BCUT2D eigenvalue weighted by Gasteiger charge is 2.31. The molecule has 0 radical (unpaired) electrons. The second-order valence-electron chi connectivity index (χ2n) is 8.03. The van der Waals surface area contributed by atoms with E-state index < -0.39 is 17.9 Å². The van der Waals surface area contributed by atoms with Crippen molar-refractivity contribution in [2.24, 2.45) is 5.92 Å². The fourth-order valence-corrected chi connectivity index (χ4v) is 3.73. The first-order valence-corrected chi connectivity index (χ1v) is 11.2. The van der Waals surface area contributed by atoms with Crippen molar-refractivity contribution in [1.82, 2.24) is 15.7 Å². The lowest BCUT2D eigenvalue weighted by Crippen LogP contribution is -2.52. The van der Waals surface area contributed by atoms with Crippen molar-refractivity contribution in [2.45, 2.75) is 64.5 Å². The Labute approximate surface area is 184 Å². The number of carbonyl (C=O) groups excluding carboxylic acids is 3. The average molecular weight is 434 g/mol. The van der Waals surface area contributed by atoms with Gasteiger partial charge in [0.2, 0.25) is 17.7 Å². The first-order valence-electron chi connectivity index (χ1n) is 11.2. The molecule has 8 heteroatoms. The summed E-state index contributed by atoms with van der Waals surface area (Å²) >= 11 is 0. The molecule has 0 bridgehead atoms. The Morgan fingerprint density at radius 1 is 1.13 bits per heavy atom. The Balaban J connectivity index is 2.02. The molecule has 0 saturated carbocycles. The summed E-state index contributed by atoms with van der Waals surface area (Å²) in [6.45, 7) is 3.81. The lowest BCUT2D eigenvalue weighted by molar-refractivity contribution is -0.140. The largest absolute Gasteiger partial charge is 0.374 e. The molecule has 1 aliphatic rings. The highest BCUT2D eigenvalue weighted by molar-refractivity contribution is 5.90. The summed E-state index contributed by atoms with van der Waals surface area (Å²) < 4.78 is 5.76. The van der Waals surface area contributed by atoms with Crippen LogP contribution in [-0.2, 0) is 25.7 Å². The fourth-order valence-electron chi connectivity index (χ4n) is 3.73. The zero-order valence-corrected chi connectivity index (χ0v) is 18.3. The van der Waals surface area contributed by atoms with Crippen molar-refractivity contribution < 1.29 is 24.3 Å². The molecule has 1 fully saturated rings. The Bertz CT molecular complexity index is 692. The monoisotopic (exact) mass is 433 g/mol. The second-order valence-corrected chi connectivity index (χ2v) is 8.03. The van der Waals surface area contributed by atoms with Crippen LogP contribution in [0.15, 0.2) is 30.3 Å². The molecule has 0 aromatic heterocycles. The first-order chi connectivity index (χ1) is 15.0. The van der Waals surface area contributed by atoms with E-state index in [-0.39, 0.29) is 24.8 Å². The number of likely N-dealkylation sites (tertiary alicyclic amines) is 1. The Hall–Kier alpha value is -2.45. The Morgan fingerprint density at radius 2 is 1.84 bits per heavy atom. The molecule has 1 saturated heterocycles. The molecule has 1 heterocycles. The van der Waals surface area contributed by atoms with Crippen LogP contribution in [0.2, 0.25) is 0 Å². The summed E-state index contributed by atoms with van der Waals surface area (Å²) in [4.78, 5) is 39.4. The van der Waals surface area contributed by atoms with Gasteiger partial charge in [0.25, 0.3) is 0 Å². The third-order valence-electron chi connectivity index (χ3n) is 5.51. The van der Waals surface area contributed by atoms with Gasteiger partial charge in [-0.3, -0.25) is 19.6 Å². The van der Waals surface area contributed by atoms with Gasteiger partial charge in [0.05, 0.1) is 13.2 Å². The summed E-state index contributed by atoms with van der Waals surface area (Å²) in [5, 5.41) is 11.7. The quantitative estimate of drug-likeness (QED) is 0.252. The molecule has 172 valence electrons. The van der Waals surface area contributed by atoms with Gasteiger partial charge in [0.1, 0.15) is 6.04 Å². The van der Waals surface area contributed by atoms with Gasteiger partial charge in [-0.05, 0) is 24.8 Å². The van der Waals surface area contributed by atoms with E-state index in [0.717, 1.165) is 37.7 Å². The molecule has 0 unspecified atom stereocenters. The van der Waals surface area contributed by atoms with E-state index in [0.29, 0.717) is 26.1 Å². The van der Waals surface area contributed by atoms with Gasteiger partial charge in [-0.2, -0.15) is 0 Å². The van der Waals surface area contributed by atoms with Gasteiger partial charge < -0.3 is 15.0 Å². The van der Waals surface area contributed by atoms with Crippen molar-refractivity contribution in [2.75, 3.05) is 19.7 Å². The van der Waals surface area contributed by atoms with E-state index in [1.165, 1.54) is 0 Å². The number of unbranched alkanes of at least 4 members (excludes halogenated alkanes) is 2. The van der Waals surface area contributed by atoms with Gasteiger partial charge in [-0.15, -0.1) is 0 Å². The van der Waals surface area contributed by atoms with Gasteiger partial charge in [0, 0.05) is 25.4 Å². The number of hydroxylamine groups is 1. The minimum atomic E-state index is -0.805. The van der Waals surface area contributed by atoms with Gasteiger partial charge in [0.15, 0.2) is 0 Å². The number of hydrogen-bond donors (Lipinski definition) is 3. The summed E-state index contributed by atoms with van der Waals surface area (Å²) in [6, 6.07) is 8.83. The third kappa shape index (κ3) is 8.67. The predicted octanol–water partition coefficient (Wildman–Crippen LogP) is 2.40. The molecular formula is C23H35N3O5. The second kappa shape index (κ2) is 13.8. The molecule has 31 heavy (non-hydrogen) atoms. The molecule has 0 aliphatic carbocycles. The number of amides is 3. The van der Waals surface area contributed by atoms with E-state index in [4.69, 9.17) is 9.94 Å². The van der Waals surface area contributed by atoms with Gasteiger partial charge >= 0.3 is 0 Å². The number of rotatable bonds is 13. The van der Waals surface area contributed by atoms with E-state index in [9.17, 15) is 14.4 Å². The van der Waals surface area contributed by atoms with Crippen LogP contribution in [0.25, 0.3) is 0 Å². The molecule has 1 aliphatic heterocycles. The van der Waals surface area contributed by atoms with Crippen molar-refractivity contribution in [3.05, 3.63) is 35.9 Å². The number of nitrogens with zero attached hydrogens (tertiary/aromatic N) is 1. The number of benzene rings is 1. The van der Waals surface area contributed by atoms with E-state index in [1.807, 2.05) is 30.3 Å². The minimum Gasteiger partial charge on any atom is -0.374 e. The van der Waals surface area contributed by atoms with Gasteiger partial charge in [-0.1, -0.05) is 56.5 Å². The maximum Gasteiger partial charge on any atom is 0.247 e. The molecular weight excluding hydrogens is 398 g/mol. The van der Waals surface area contributed by atoms with Crippen molar-refractivity contribution >= 4 is 17.7 Å². The van der Waals surface area contributed by atoms with Crippen LogP contribution in [0.3, 0.4) is 0 Å². The predicted molar refractivity (Wildman–Crippen MR) is 116 cm³/mol. The Morgan fingerprint density at radius 3 is 2.48 bits per heavy atom. The molecule has 8 nitrogen and oxygen atoms in total. The van der Waals surface area contributed by atoms with Crippen LogP contribution in [0.4, 0.5) is 0 Å². The lowest BCUT2D eigenvalue weighted by Gasteiger charge is -2.26. The van der Waals surface area contributed by atoms with E-state index >= 15 is 0 Å². The van der Waals surface area contributed by atoms with Crippen LogP contribution < -0.4 is 10.8 Å². The zero-order chi connectivity index (χ0) is 22.5. The molecule has 2 rings (SSSR count). The van der Waals surface area contributed by atoms with Crippen molar-refractivity contribution in [3.63, 3.8) is 0 Å². The number of hydrogen-bond acceptors (Lipinski definition) is 5. The maximum atomic E-state index is 13.0.